The molecule has 0 fully saturated rings. The number of hydrogen-bond acceptors (Lipinski definition) is 3. The molecule has 2 rings (SSSR count). The molecule has 1 N–H and O–H groups in total. The van der Waals surface area contributed by atoms with E-state index in [1.807, 2.05) is 19.1 Å². The molecule has 0 unspecified atom stereocenters. The van der Waals surface area contributed by atoms with Crippen molar-refractivity contribution < 1.29 is 9.90 Å². The van der Waals surface area contributed by atoms with E-state index in [0.29, 0.717) is 5.92 Å². The predicted molar refractivity (Wildman–Crippen MR) is 78.0 cm³/mol. The standard InChI is InChI=1S/C15H17NO2S/c1-4-12-16-13(15(17)18)14(19-12)11-7-5-10(6-8-11)9(2)3/h5-9H,4H2,1-3H3,(H,17,18). The molecule has 0 aliphatic heterocycles. The lowest BCUT2D eigenvalue weighted by Gasteiger charge is -2.06. The Labute approximate surface area is 116 Å². The van der Waals surface area contributed by atoms with Crippen molar-refractivity contribution in [2.24, 2.45) is 0 Å². The number of aromatic carboxylic acids is 1. The van der Waals surface area contributed by atoms with Gasteiger partial charge >= 0.3 is 5.97 Å². The first-order chi connectivity index (χ1) is 9.02. The van der Waals surface area contributed by atoms with Crippen LogP contribution in [0.2, 0.25) is 0 Å². The van der Waals surface area contributed by atoms with Gasteiger partial charge < -0.3 is 5.11 Å². The number of hydrogen-bond donors (Lipinski definition) is 1. The van der Waals surface area contributed by atoms with Crippen LogP contribution in [0.5, 0.6) is 0 Å². The highest BCUT2D eigenvalue weighted by Crippen LogP contribution is 2.31. The topological polar surface area (TPSA) is 50.2 Å². The Morgan fingerprint density at radius 2 is 1.95 bits per heavy atom. The molecular formula is C15H17NO2S. The Balaban J connectivity index is 2.45. The molecule has 0 spiro atoms. The number of carboxylic acids is 1. The van der Waals surface area contributed by atoms with Gasteiger partial charge in [-0.15, -0.1) is 11.3 Å². The van der Waals surface area contributed by atoms with Crippen LogP contribution in [0.15, 0.2) is 24.3 Å². The van der Waals surface area contributed by atoms with Gasteiger partial charge in [-0.3, -0.25) is 0 Å². The average Bonchev–Trinajstić information content (AvgIpc) is 2.83. The van der Waals surface area contributed by atoms with Crippen LogP contribution in [0.3, 0.4) is 0 Å². The zero-order valence-corrected chi connectivity index (χ0v) is 12.1. The second-order valence-electron chi connectivity index (χ2n) is 4.72. The molecule has 100 valence electrons. The van der Waals surface area contributed by atoms with Gasteiger partial charge in [0.1, 0.15) is 0 Å². The molecule has 19 heavy (non-hydrogen) atoms. The fourth-order valence-corrected chi connectivity index (χ4v) is 2.88. The fraction of sp³-hybridized carbons (Fsp3) is 0.333. The Hall–Kier alpha value is -1.68. The van der Waals surface area contributed by atoms with Crippen LogP contribution in [0.1, 0.15) is 47.7 Å². The molecule has 0 atom stereocenters. The van der Waals surface area contributed by atoms with Crippen LogP contribution < -0.4 is 0 Å². The Morgan fingerprint density at radius 3 is 2.42 bits per heavy atom. The highest BCUT2D eigenvalue weighted by molar-refractivity contribution is 7.15. The Morgan fingerprint density at radius 1 is 1.32 bits per heavy atom. The van der Waals surface area contributed by atoms with Crippen molar-refractivity contribution >= 4 is 17.3 Å². The van der Waals surface area contributed by atoms with Crippen molar-refractivity contribution in [1.29, 1.82) is 0 Å². The van der Waals surface area contributed by atoms with Gasteiger partial charge in [-0.2, -0.15) is 0 Å². The Bertz CT molecular complexity index is 585. The third-order valence-electron chi connectivity index (χ3n) is 3.02. The van der Waals surface area contributed by atoms with Gasteiger partial charge in [0.05, 0.1) is 9.88 Å². The summed E-state index contributed by atoms with van der Waals surface area (Å²) in [6.07, 6.45) is 0.759. The minimum atomic E-state index is -0.959. The number of carbonyl (C=O) groups is 1. The van der Waals surface area contributed by atoms with Crippen LogP contribution in [0, 0.1) is 0 Å². The summed E-state index contributed by atoms with van der Waals surface area (Å²) >= 11 is 1.46. The van der Waals surface area contributed by atoms with E-state index < -0.39 is 5.97 Å². The van der Waals surface area contributed by atoms with Crippen molar-refractivity contribution in [2.75, 3.05) is 0 Å². The van der Waals surface area contributed by atoms with Crippen molar-refractivity contribution in [3.05, 3.63) is 40.5 Å². The quantitative estimate of drug-likeness (QED) is 0.910. The van der Waals surface area contributed by atoms with E-state index in [-0.39, 0.29) is 5.69 Å². The van der Waals surface area contributed by atoms with E-state index in [4.69, 9.17) is 0 Å². The SMILES string of the molecule is CCc1nc(C(=O)O)c(-c2ccc(C(C)C)cc2)s1. The molecule has 0 aliphatic rings. The lowest BCUT2D eigenvalue weighted by molar-refractivity contribution is 0.0692. The van der Waals surface area contributed by atoms with Crippen LogP contribution in [0.4, 0.5) is 0 Å². The summed E-state index contributed by atoms with van der Waals surface area (Å²) < 4.78 is 0. The molecule has 2 aromatic rings. The Kier molecular flexibility index (Phi) is 4.00. The zero-order valence-electron chi connectivity index (χ0n) is 11.3. The average molecular weight is 275 g/mol. The maximum Gasteiger partial charge on any atom is 0.356 e. The third-order valence-corrected chi connectivity index (χ3v) is 4.26. The summed E-state index contributed by atoms with van der Waals surface area (Å²) in [5.41, 5.74) is 2.35. The third kappa shape index (κ3) is 2.84. The number of aromatic nitrogens is 1. The number of benzene rings is 1. The first-order valence-corrected chi connectivity index (χ1v) is 7.18. The first-order valence-electron chi connectivity index (χ1n) is 6.36. The van der Waals surface area contributed by atoms with E-state index in [1.165, 1.54) is 16.9 Å². The molecule has 0 saturated carbocycles. The maximum absolute atomic E-state index is 11.2. The minimum absolute atomic E-state index is 0.166. The molecule has 0 amide bonds. The summed E-state index contributed by atoms with van der Waals surface area (Å²) in [5.74, 6) is -0.487. The van der Waals surface area contributed by atoms with E-state index in [0.717, 1.165) is 21.9 Å². The first kappa shape index (κ1) is 13.7. The minimum Gasteiger partial charge on any atom is -0.476 e. The number of aryl methyl sites for hydroxylation is 1. The highest BCUT2D eigenvalue weighted by atomic mass is 32.1. The molecule has 1 aromatic heterocycles. The molecule has 0 aliphatic carbocycles. The van der Waals surface area contributed by atoms with Crippen LogP contribution in [0.25, 0.3) is 10.4 Å². The van der Waals surface area contributed by atoms with Gasteiger partial charge in [0.15, 0.2) is 5.69 Å². The number of thiazole rings is 1. The zero-order chi connectivity index (χ0) is 14.0. The number of nitrogens with zero attached hydrogens (tertiary/aromatic N) is 1. The normalized spacial score (nSPS) is 10.9. The lowest BCUT2D eigenvalue weighted by Crippen LogP contribution is -1.99. The fourth-order valence-electron chi connectivity index (χ4n) is 1.88. The van der Waals surface area contributed by atoms with Crippen molar-refractivity contribution in [3.8, 4) is 10.4 Å². The van der Waals surface area contributed by atoms with Gasteiger partial charge in [0, 0.05) is 0 Å². The van der Waals surface area contributed by atoms with Gasteiger partial charge in [0.2, 0.25) is 0 Å². The molecule has 4 heteroatoms. The summed E-state index contributed by atoms with van der Waals surface area (Å²) in [6.45, 7) is 6.26. The van der Waals surface area contributed by atoms with E-state index in [2.05, 4.69) is 31.0 Å². The molecule has 0 bridgehead atoms. The van der Waals surface area contributed by atoms with Gasteiger partial charge in [-0.1, -0.05) is 45.0 Å². The monoisotopic (exact) mass is 275 g/mol. The summed E-state index contributed by atoms with van der Waals surface area (Å²) in [6, 6.07) is 8.07. The van der Waals surface area contributed by atoms with Crippen molar-refractivity contribution in [2.45, 2.75) is 33.1 Å². The van der Waals surface area contributed by atoms with Crippen LogP contribution in [-0.2, 0) is 6.42 Å². The molecule has 0 saturated heterocycles. The van der Waals surface area contributed by atoms with Crippen molar-refractivity contribution in [1.82, 2.24) is 4.98 Å². The van der Waals surface area contributed by atoms with E-state index in [9.17, 15) is 9.90 Å². The predicted octanol–water partition coefficient (Wildman–Crippen LogP) is 4.19. The number of rotatable bonds is 4. The van der Waals surface area contributed by atoms with E-state index in [1.54, 1.807) is 0 Å². The molecule has 1 heterocycles. The van der Waals surface area contributed by atoms with Crippen LogP contribution >= 0.6 is 11.3 Å². The second-order valence-corrected chi connectivity index (χ2v) is 5.80. The van der Waals surface area contributed by atoms with Gasteiger partial charge in [-0.05, 0) is 23.5 Å². The summed E-state index contributed by atoms with van der Waals surface area (Å²) in [7, 11) is 0. The molecule has 0 radical (unpaired) electrons. The number of carboxylic acid groups (broad SMARTS) is 1. The second kappa shape index (κ2) is 5.53. The molecular weight excluding hydrogens is 258 g/mol. The van der Waals surface area contributed by atoms with E-state index >= 15 is 0 Å². The van der Waals surface area contributed by atoms with Gasteiger partial charge in [0.25, 0.3) is 0 Å². The maximum atomic E-state index is 11.2. The molecule has 3 nitrogen and oxygen atoms in total. The van der Waals surface area contributed by atoms with Crippen LogP contribution in [-0.4, -0.2) is 16.1 Å². The van der Waals surface area contributed by atoms with Crippen molar-refractivity contribution in [3.63, 3.8) is 0 Å². The van der Waals surface area contributed by atoms with Gasteiger partial charge in [-0.25, -0.2) is 9.78 Å². The highest BCUT2D eigenvalue weighted by Gasteiger charge is 2.18. The lowest BCUT2D eigenvalue weighted by atomic mass is 10.0. The smallest absolute Gasteiger partial charge is 0.356 e. The largest absolute Gasteiger partial charge is 0.476 e. The summed E-state index contributed by atoms with van der Waals surface area (Å²) in [5, 5.41) is 10.1. The molecule has 1 aromatic carbocycles. The summed E-state index contributed by atoms with van der Waals surface area (Å²) in [4.78, 5) is 16.2.